The number of hydrogen-bond acceptors (Lipinski definition) is 3. The molecule has 116 valence electrons. The molecular formula is C16H11BrFN3O2. The van der Waals surface area contributed by atoms with Crippen LogP contribution in [0.5, 0.6) is 0 Å². The summed E-state index contributed by atoms with van der Waals surface area (Å²) in [5.74, 6) is 0.299. The summed E-state index contributed by atoms with van der Waals surface area (Å²) in [6.45, 7) is 0.483. The van der Waals surface area contributed by atoms with Crippen molar-refractivity contribution in [2.75, 3.05) is 0 Å². The number of non-ortho nitro benzene ring substituents is 1. The van der Waals surface area contributed by atoms with Gasteiger partial charge in [-0.05, 0) is 33.6 Å². The minimum atomic E-state index is -0.437. The number of nitro benzene ring substituents is 1. The summed E-state index contributed by atoms with van der Waals surface area (Å²) < 4.78 is 15.6. The van der Waals surface area contributed by atoms with E-state index in [0.29, 0.717) is 22.4 Å². The molecule has 3 rings (SSSR count). The third-order valence-electron chi connectivity index (χ3n) is 3.37. The minimum absolute atomic E-state index is 0.0153. The van der Waals surface area contributed by atoms with Crippen LogP contribution < -0.4 is 0 Å². The topological polar surface area (TPSA) is 61.0 Å². The normalized spacial score (nSPS) is 10.7. The zero-order valence-corrected chi connectivity index (χ0v) is 13.4. The highest BCUT2D eigenvalue weighted by Gasteiger charge is 2.12. The third-order valence-corrected chi connectivity index (χ3v) is 3.98. The largest absolute Gasteiger partial charge is 0.327 e. The molecule has 0 spiro atoms. The monoisotopic (exact) mass is 375 g/mol. The van der Waals surface area contributed by atoms with Crippen LogP contribution in [-0.4, -0.2) is 14.5 Å². The van der Waals surface area contributed by atoms with Crippen LogP contribution in [-0.2, 0) is 6.54 Å². The Balaban J connectivity index is 1.94. The molecule has 0 bridgehead atoms. The number of aromatic nitrogens is 2. The van der Waals surface area contributed by atoms with E-state index in [0.717, 1.165) is 5.56 Å². The van der Waals surface area contributed by atoms with Gasteiger partial charge in [0, 0.05) is 36.6 Å². The molecule has 5 nitrogen and oxygen atoms in total. The Hall–Kier alpha value is -2.54. The quantitative estimate of drug-likeness (QED) is 0.501. The predicted molar refractivity (Wildman–Crippen MR) is 87.5 cm³/mol. The lowest BCUT2D eigenvalue weighted by Gasteiger charge is -2.09. The van der Waals surface area contributed by atoms with Crippen molar-refractivity contribution in [3.63, 3.8) is 0 Å². The Morgan fingerprint density at radius 1 is 1.26 bits per heavy atom. The molecule has 23 heavy (non-hydrogen) atoms. The van der Waals surface area contributed by atoms with Gasteiger partial charge in [-0.25, -0.2) is 9.37 Å². The maximum atomic E-state index is 13.3. The molecule has 0 fully saturated rings. The van der Waals surface area contributed by atoms with Gasteiger partial charge < -0.3 is 4.57 Å². The molecule has 0 radical (unpaired) electrons. The Morgan fingerprint density at radius 3 is 2.83 bits per heavy atom. The molecule has 0 amide bonds. The lowest BCUT2D eigenvalue weighted by molar-refractivity contribution is -0.384. The first-order chi connectivity index (χ1) is 11.0. The lowest BCUT2D eigenvalue weighted by atomic mass is 10.1. The average molecular weight is 376 g/mol. The second kappa shape index (κ2) is 6.29. The van der Waals surface area contributed by atoms with E-state index in [9.17, 15) is 14.5 Å². The molecule has 0 aliphatic rings. The summed E-state index contributed by atoms with van der Waals surface area (Å²) in [6.07, 6.45) is 3.41. The van der Waals surface area contributed by atoms with Crippen molar-refractivity contribution in [1.82, 2.24) is 9.55 Å². The molecule has 3 aromatic rings. The van der Waals surface area contributed by atoms with Crippen LogP contribution >= 0.6 is 15.9 Å². The molecular weight excluding hydrogens is 365 g/mol. The van der Waals surface area contributed by atoms with Crippen LogP contribution in [0.25, 0.3) is 11.4 Å². The average Bonchev–Trinajstić information content (AvgIpc) is 2.99. The molecule has 0 saturated heterocycles. The van der Waals surface area contributed by atoms with Crippen LogP contribution in [0, 0.1) is 15.9 Å². The Bertz CT molecular complexity index is 879. The summed E-state index contributed by atoms with van der Waals surface area (Å²) in [5.41, 5.74) is 1.56. The second-order valence-electron chi connectivity index (χ2n) is 4.93. The molecule has 0 unspecified atom stereocenters. The number of halogens is 2. The van der Waals surface area contributed by atoms with E-state index in [1.807, 2.05) is 4.57 Å². The predicted octanol–water partition coefficient (Wildman–Crippen LogP) is 4.41. The van der Waals surface area contributed by atoms with Crippen molar-refractivity contribution in [3.05, 3.63) is 80.8 Å². The molecule has 1 heterocycles. The smallest absolute Gasteiger partial charge is 0.270 e. The van der Waals surface area contributed by atoms with E-state index in [4.69, 9.17) is 0 Å². The third kappa shape index (κ3) is 3.29. The zero-order chi connectivity index (χ0) is 16.4. The molecule has 0 saturated carbocycles. The van der Waals surface area contributed by atoms with Crippen LogP contribution in [0.4, 0.5) is 10.1 Å². The van der Waals surface area contributed by atoms with Gasteiger partial charge in [-0.2, -0.15) is 0 Å². The summed E-state index contributed by atoms with van der Waals surface area (Å²) in [7, 11) is 0. The number of nitrogens with zero attached hydrogens (tertiary/aromatic N) is 3. The van der Waals surface area contributed by atoms with Gasteiger partial charge in [0.2, 0.25) is 0 Å². The summed E-state index contributed by atoms with van der Waals surface area (Å²) in [5, 5.41) is 10.9. The van der Waals surface area contributed by atoms with E-state index < -0.39 is 4.92 Å². The van der Waals surface area contributed by atoms with Crippen LogP contribution in [0.2, 0.25) is 0 Å². The molecule has 0 N–H and O–H groups in total. The summed E-state index contributed by atoms with van der Waals surface area (Å²) in [4.78, 5) is 14.7. The van der Waals surface area contributed by atoms with Crippen molar-refractivity contribution in [2.24, 2.45) is 0 Å². The van der Waals surface area contributed by atoms with Crippen LogP contribution in [0.15, 0.2) is 59.3 Å². The van der Waals surface area contributed by atoms with Crippen LogP contribution in [0.1, 0.15) is 5.56 Å². The number of imidazole rings is 1. The first kappa shape index (κ1) is 15.4. The molecule has 1 aromatic heterocycles. The zero-order valence-electron chi connectivity index (χ0n) is 11.8. The van der Waals surface area contributed by atoms with Gasteiger partial charge in [0.15, 0.2) is 0 Å². The first-order valence-electron chi connectivity index (χ1n) is 6.74. The highest BCUT2D eigenvalue weighted by molar-refractivity contribution is 9.10. The minimum Gasteiger partial charge on any atom is -0.327 e. The lowest BCUT2D eigenvalue weighted by Crippen LogP contribution is -2.02. The van der Waals surface area contributed by atoms with Gasteiger partial charge in [-0.15, -0.1) is 0 Å². The van der Waals surface area contributed by atoms with Crippen molar-refractivity contribution < 1.29 is 9.31 Å². The van der Waals surface area contributed by atoms with Crippen LogP contribution in [0.3, 0.4) is 0 Å². The fourth-order valence-electron chi connectivity index (χ4n) is 2.29. The standard InChI is InChI=1S/C16H11BrFN3O2/c17-14-8-11(4-5-15(14)18)10-20-7-6-19-16(20)12-2-1-3-13(9-12)21(22)23/h1-9H,10H2. The number of benzene rings is 2. The molecule has 7 heteroatoms. The molecule has 0 atom stereocenters. The Morgan fingerprint density at radius 2 is 2.09 bits per heavy atom. The van der Waals surface area contributed by atoms with Gasteiger partial charge in [-0.1, -0.05) is 18.2 Å². The summed E-state index contributed by atoms with van der Waals surface area (Å²) >= 11 is 3.16. The fourth-order valence-corrected chi connectivity index (χ4v) is 2.72. The van der Waals surface area contributed by atoms with E-state index in [1.165, 1.54) is 18.2 Å². The highest BCUT2D eigenvalue weighted by Crippen LogP contribution is 2.24. The Labute approximate surface area is 139 Å². The number of nitro groups is 1. The van der Waals surface area contributed by atoms with E-state index in [1.54, 1.807) is 36.7 Å². The van der Waals surface area contributed by atoms with E-state index >= 15 is 0 Å². The van der Waals surface area contributed by atoms with E-state index in [2.05, 4.69) is 20.9 Å². The van der Waals surface area contributed by atoms with Crippen molar-refractivity contribution in [2.45, 2.75) is 6.54 Å². The fraction of sp³-hybridized carbons (Fsp3) is 0.0625. The van der Waals surface area contributed by atoms with Crippen molar-refractivity contribution >= 4 is 21.6 Å². The van der Waals surface area contributed by atoms with Gasteiger partial charge in [0.05, 0.1) is 9.40 Å². The number of hydrogen-bond donors (Lipinski definition) is 0. The maximum absolute atomic E-state index is 13.3. The summed E-state index contributed by atoms with van der Waals surface area (Å²) in [6, 6.07) is 11.1. The second-order valence-corrected chi connectivity index (χ2v) is 5.79. The van der Waals surface area contributed by atoms with Gasteiger partial charge in [-0.3, -0.25) is 10.1 Å². The molecule has 0 aliphatic heterocycles. The highest BCUT2D eigenvalue weighted by atomic mass is 79.9. The van der Waals surface area contributed by atoms with E-state index in [-0.39, 0.29) is 11.5 Å². The van der Waals surface area contributed by atoms with Gasteiger partial charge in [0.1, 0.15) is 11.6 Å². The SMILES string of the molecule is O=[N+]([O-])c1cccc(-c2nccn2Cc2ccc(F)c(Br)c2)c1. The van der Waals surface area contributed by atoms with Crippen molar-refractivity contribution in [3.8, 4) is 11.4 Å². The Kier molecular flexibility index (Phi) is 4.20. The van der Waals surface area contributed by atoms with Gasteiger partial charge in [0.25, 0.3) is 5.69 Å². The maximum Gasteiger partial charge on any atom is 0.270 e. The molecule has 0 aliphatic carbocycles. The number of rotatable bonds is 4. The van der Waals surface area contributed by atoms with Crippen molar-refractivity contribution in [1.29, 1.82) is 0 Å². The first-order valence-corrected chi connectivity index (χ1v) is 7.54. The van der Waals surface area contributed by atoms with Gasteiger partial charge >= 0.3 is 0 Å². The molecule has 2 aromatic carbocycles.